The minimum Gasteiger partial charge on any atom is -0.396 e. The van der Waals surface area contributed by atoms with Crippen LogP contribution in [0.5, 0.6) is 0 Å². The summed E-state index contributed by atoms with van der Waals surface area (Å²) in [6.07, 6.45) is -0.0532. The summed E-state index contributed by atoms with van der Waals surface area (Å²) in [5.74, 6) is 0. The van der Waals surface area contributed by atoms with Gasteiger partial charge in [0.15, 0.2) is 0 Å². The Morgan fingerprint density at radius 1 is 0.929 bits per heavy atom. The highest BCUT2D eigenvalue weighted by Crippen LogP contribution is 2.19. The van der Waals surface area contributed by atoms with Gasteiger partial charge in [-0.15, -0.1) is 0 Å². The van der Waals surface area contributed by atoms with Gasteiger partial charge in [0.05, 0.1) is 37.9 Å². The Morgan fingerprint density at radius 3 is 1.29 bits per heavy atom. The number of hydrogen-bond acceptors (Lipinski definition) is 5. The van der Waals surface area contributed by atoms with Gasteiger partial charge in [-0.3, -0.25) is 0 Å². The van der Waals surface area contributed by atoms with Crippen molar-refractivity contribution in [2.45, 2.75) is 26.4 Å². The average molecular weight is 210 g/mol. The summed E-state index contributed by atoms with van der Waals surface area (Å²) in [7, 11) is 0. The normalized spacial score (nSPS) is 13.1. The quantitative estimate of drug-likeness (QED) is 0.389. The molecule has 0 heterocycles. The van der Waals surface area contributed by atoms with Crippen LogP contribution in [0.15, 0.2) is 0 Å². The Labute approximate surface area is 84.6 Å². The minimum atomic E-state index is -1.39. The zero-order valence-electron chi connectivity index (χ0n) is 8.85. The van der Waals surface area contributed by atoms with E-state index < -0.39 is 37.9 Å². The van der Waals surface area contributed by atoms with Crippen molar-refractivity contribution in [3.05, 3.63) is 0 Å². The molecule has 0 amide bonds. The molecule has 0 rings (SSSR count). The van der Waals surface area contributed by atoms with E-state index in [1.165, 1.54) is 6.42 Å². The molecule has 0 bridgehead atoms. The fourth-order valence-electron chi connectivity index (χ4n) is 0.660. The van der Waals surface area contributed by atoms with E-state index in [0.717, 1.165) is 0 Å². The first-order valence-electron chi connectivity index (χ1n) is 4.69. The van der Waals surface area contributed by atoms with Gasteiger partial charge >= 0.3 is 0 Å². The maximum atomic E-state index is 9.04. The van der Waals surface area contributed by atoms with E-state index >= 15 is 0 Å². The van der Waals surface area contributed by atoms with Crippen LogP contribution < -0.4 is 0 Å². The van der Waals surface area contributed by atoms with Crippen LogP contribution in [0.3, 0.4) is 0 Å². The molecular weight excluding hydrogens is 188 g/mol. The summed E-state index contributed by atoms with van der Waals surface area (Å²) in [4.78, 5) is 0. The third kappa shape index (κ3) is 4.88. The lowest BCUT2D eigenvalue weighted by Gasteiger charge is -2.31. The highest BCUT2D eigenvalue weighted by molar-refractivity contribution is 4.84. The number of hydrogen-bond donors (Lipinski definition) is 5. The van der Waals surface area contributed by atoms with E-state index in [0.29, 0.717) is 0 Å². The summed E-state index contributed by atoms with van der Waals surface area (Å²) < 4.78 is 0. The molecule has 14 heavy (non-hydrogen) atoms. The molecular formula is C9H22O5. The van der Waals surface area contributed by atoms with Crippen molar-refractivity contribution in [3.63, 3.8) is 0 Å². The summed E-state index contributed by atoms with van der Waals surface area (Å²) in [6, 6.07) is 0. The first-order valence-corrected chi connectivity index (χ1v) is 4.69. The second kappa shape index (κ2) is 9.36. The Balaban J connectivity index is 0. The molecule has 0 aromatic heterocycles. The number of rotatable bonds is 5. The molecule has 0 radical (unpaired) electrons. The summed E-state index contributed by atoms with van der Waals surface area (Å²) in [5.41, 5.74) is -1.39. The molecule has 0 saturated carbocycles. The van der Waals surface area contributed by atoms with Gasteiger partial charge in [0.1, 0.15) is 0 Å². The van der Waals surface area contributed by atoms with Crippen LogP contribution in [0.25, 0.3) is 0 Å². The van der Waals surface area contributed by atoms with Crippen LogP contribution in [0, 0.1) is 5.41 Å². The van der Waals surface area contributed by atoms with Crippen molar-refractivity contribution >= 4 is 0 Å². The SMILES string of the molecule is CCC.OCC(O)C(CO)(CO)CO. The van der Waals surface area contributed by atoms with Crippen molar-refractivity contribution in [2.24, 2.45) is 5.41 Å². The van der Waals surface area contributed by atoms with Gasteiger partial charge in [-0.25, -0.2) is 0 Å². The van der Waals surface area contributed by atoms with Crippen LogP contribution in [-0.2, 0) is 0 Å². The van der Waals surface area contributed by atoms with Gasteiger partial charge in [0.2, 0.25) is 0 Å². The van der Waals surface area contributed by atoms with Crippen molar-refractivity contribution in [1.82, 2.24) is 0 Å². The second-order valence-electron chi connectivity index (χ2n) is 3.24. The van der Waals surface area contributed by atoms with E-state index in [1.54, 1.807) is 0 Å². The molecule has 1 atom stereocenters. The predicted octanol–water partition coefficient (Wildman–Crippen LogP) is -1.28. The molecule has 5 nitrogen and oxygen atoms in total. The fraction of sp³-hybridized carbons (Fsp3) is 1.00. The third-order valence-corrected chi connectivity index (χ3v) is 1.82. The van der Waals surface area contributed by atoms with Gasteiger partial charge in [-0.05, 0) is 0 Å². The van der Waals surface area contributed by atoms with Crippen molar-refractivity contribution in [2.75, 3.05) is 26.4 Å². The second-order valence-corrected chi connectivity index (χ2v) is 3.24. The Bertz CT molecular complexity index is 106. The fourth-order valence-corrected chi connectivity index (χ4v) is 0.660. The smallest absolute Gasteiger partial charge is 0.0893 e. The predicted molar refractivity (Wildman–Crippen MR) is 52.7 cm³/mol. The molecule has 88 valence electrons. The first-order chi connectivity index (χ1) is 6.58. The van der Waals surface area contributed by atoms with Crippen molar-refractivity contribution < 1.29 is 25.5 Å². The molecule has 0 saturated heterocycles. The molecule has 0 aliphatic rings. The molecule has 0 aliphatic carbocycles. The molecule has 0 aromatic rings. The van der Waals surface area contributed by atoms with Gasteiger partial charge in [0.25, 0.3) is 0 Å². The topological polar surface area (TPSA) is 101 Å². The van der Waals surface area contributed by atoms with Crippen LogP contribution in [0.1, 0.15) is 20.3 Å². The van der Waals surface area contributed by atoms with Crippen LogP contribution in [-0.4, -0.2) is 58.1 Å². The monoisotopic (exact) mass is 210 g/mol. The molecule has 1 unspecified atom stereocenters. The van der Waals surface area contributed by atoms with E-state index in [9.17, 15) is 0 Å². The Hall–Kier alpha value is -0.200. The van der Waals surface area contributed by atoms with Gasteiger partial charge in [-0.1, -0.05) is 20.3 Å². The number of aliphatic hydroxyl groups excluding tert-OH is 5. The van der Waals surface area contributed by atoms with E-state index in [1.807, 2.05) is 0 Å². The highest BCUT2D eigenvalue weighted by Gasteiger charge is 2.35. The molecule has 0 spiro atoms. The standard InChI is InChI=1S/C6H14O5.C3H8/c7-1-5(11)6(2-8,3-9)4-10;1-3-2/h5,7-11H,1-4H2;3H2,1-2H3. The maximum absolute atomic E-state index is 9.04. The van der Waals surface area contributed by atoms with Gasteiger partial charge in [-0.2, -0.15) is 0 Å². The van der Waals surface area contributed by atoms with E-state index in [-0.39, 0.29) is 0 Å². The van der Waals surface area contributed by atoms with Crippen LogP contribution in [0.4, 0.5) is 0 Å². The summed E-state index contributed by atoms with van der Waals surface area (Å²) >= 11 is 0. The van der Waals surface area contributed by atoms with Crippen molar-refractivity contribution in [1.29, 1.82) is 0 Å². The van der Waals surface area contributed by atoms with Crippen molar-refractivity contribution in [3.8, 4) is 0 Å². The Morgan fingerprint density at radius 2 is 1.21 bits per heavy atom. The zero-order chi connectivity index (χ0) is 11.6. The highest BCUT2D eigenvalue weighted by atomic mass is 16.3. The summed E-state index contributed by atoms with van der Waals surface area (Å²) in [6.45, 7) is 1.95. The van der Waals surface area contributed by atoms with E-state index in [4.69, 9.17) is 25.5 Å². The largest absolute Gasteiger partial charge is 0.396 e. The average Bonchev–Trinajstić information content (AvgIpc) is 2.22. The lowest BCUT2D eigenvalue weighted by Crippen LogP contribution is -2.46. The zero-order valence-corrected chi connectivity index (χ0v) is 8.85. The first kappa shape index (κ1) is 16.2. The molecule has 5 heteroatoms. The third-order valence-electron chi connectivity index (χ3n) is 1.82. The lowest BCUT2D eigenvalue weighted by molar-refractivity contribution is -0.1000. The summed E-state index contributed by atoms with van der Waals surface area (Å²) in [5, 5.41) is 43.6. The Kier molecular flexibility index (Phi) is 10.9. The lowest BCUT2D eigenvalue weighted by atomic mass is 9.85. The van der Waals surface area contributed by atoms with Gasteiger partial charge in [0, 0.05) is 0 Å². The van der Waals surface area contributed by atoms with Gasteiger partial charge < -0.3 is 25.5 Å². The maximum Gasteiger partial charge on any atom is 0.0893 e. The molecule has 0 aromatic carbocycles. The molecule has 0 fully saturated rings. The molecule has 0 aliphatic heterocycles. The van der Waals surface area contributed by atoms with Crippen LogP contribution >= 0.6 is 0 Å². The van der Waals surface area contributed by atoms with Crippen LogP contribution in [0.2, 0.25) is 0 Å². The molecule has 5 N–H and O–H groups in total. The number of aliphatic hydroxyl groups is 5. The van der Waals surface area contributed by atoms with E-state index in [2.05, 4.69) is 13.8 Å². The minimum absolute atomic E-state index is 0.568.